The second-order valence-electron chi connectivity index (χ2n) is 11.6. The van der Waals surface area contributed by atoms with Gasteiger partial charge in [0.25, 0.3) is 11.8 Å². The number of aliphatic carboxylic acids is 1. The molecule has 0 unspecified atom stereocenters. The number of fused-ring (bicyclic) bond motifs is 2. The minimum absolute atomic E-state index is 0.0179. The second kappa shape index (κ2) is 13.8. The molecule has 2 saturated heterocycles. The molecule has 7 rings (SSSR count). The summed E-state index contributed by atoms with van der Waals surface area (Å²) in [6.07, 6.45) is 10.2. The predicted molar refractivity (Wildman–Crippen MR) is 186 cm³/mol. The quantitative estimate of drug-likeness (QED) is 0.100. The number of oxime groups is 1. The largest absolute Gasteiger partial charge is 0.543 e. The lowest BCUT2D eigenvalue weighted by Crippen LogP contribution is -2.71. The molecule has 49 heavy (non-hydrogen) atoms. The molecule has 3 aliphatic rings. The summed E-state index contributed by atoms with van der Waals surface area (Å²) in [6, 6.07) is 5.17. The topological polar surface area (TPSA) is 174 Å². The van der Waals surface area contributed by atoms with Crippen molar-refractivity contribution in [1.82, 2.24) is 24.8 Å². The van der Waals surface area contributed by atoms with E-state index in [9.17, 15) is 19.5 Å². The number of carbonyl (C=O) groups excluding carboxylic acids is 3. The van der Waals surface area contributed by atoms with Gasteiger partial charge in [0.15, 0.2) is 29.8 Å². The fraction of sp³-hybridized carbons (Fsp3) is 0.323. The normalized spacial score (nSPS) is 19.6. The number of thiophene rings is 1. The number of nitrogen functional groups attached to an aromatic ring is 1. The van der Waals surface area contributed by atoms with Gasteiger partial charge >= 0.3 is 0 Å². The molecule has 2 amide bonds. The van der Waals surface area contributed by atoms with Crippen molar-refractivity contribution in [3.05, 3.63) is 73.9 Å². The fourth-order valence-electron chi connectivity index (χ4n) is 6.08. The highest BCUT2D eigenvalue weighted by atomic mass is 35.5. The molecule has 0 aromatic carbocycles. The van der Waals surface area contributed by atoms with Crippen LogP contribution in [0.2, 0.25) is 4.34 Å². The number of nitrogens with one attached hydrogen (secondary N) is 1. The van der Waals surface area contributed by atoms with E-state index >= 15 is 0 Å². The lowest BCUT2D eigenvalue weighted by Gasteiger charge is -2.50. The Hall–Kier alpha value is -4.45. The molecular formula is C31H30ClN9O5S3. The third-order valence-electron chi connectivity index (χ3n) is 8.35. The number of anilines is 1. The number of amides is 2. The van der Waals surface area contributed by atoms with Crippen LogP contribution in [0, 0.1) is 0 Å². The number of thiazole rings is 1. The van der Waals surface area contributed by atoms with Gasteiger partial charge in [0.2, 0.25) is 0 Å². The number of carboxylic acid groups (broad SMARTS) is 1. The van der Waals surface area contributed by atoms with Gasteiger partial charge in [0.1, 0.15) is 28.6 Å². The zero-order valence-electron chi connectivity index (χ0n) is 26.1. The minimum Gasteiger partial charge on any atom is -0.543 e. The Balaban J connectivity index is 1.04. The monoisotopic (exact) mass is 739 g/mol. The number of nitrogens with zero attached hydrogens (tertiary/aromatic N) is 7. The van der Waals surface area contributed by atoms with Crippen LogP contribution in [0.5, 0.6) is 0 Å². The van der Waals surface area contributed by atoms with Crippen molar-refractivity contribution in [3.8, 4) is 0 Å². The summed E-state index contributed by atoms with van der Waals surface area (Å²) in [7, 11) is 1.25. The zero-order chi connectivity index (χ0) is 34.2. The van der Waals surface area contributed by atoms with Crippen LogP contribution >= 0.6 is 46.0 Å². The van der Waals surface area contributed by atoms with Gasteiger partial charge in [-0.15, -0.1) is 23.1 Å². The van der Waals surface area contributed by atoms with Crippen molar-refractivity contribution < 1.29 is 28.9 Å². The van der Waals surface area contributed by atoms with E-state index in [1.807, 2.05) is 41.5 Å². The first-order valence-corrected chi connectivity index (χ1v) is 18.4. The van der Waals surface area contributed by atoms with Crippen molar-refractivity contribution in [3.63, 3.8) is 0 Å². The number of halogens is 1. The molecule has 0 radical (unpaired) electrons. The average molecular weight is 740 g/mol. The molecule has 18 heteroatoms. The maximum atomic E-state index is 13.3. The van der Waals surface area contributed by atoms with Crippen molar-refractivity contribution in [2.45, 2.75) is 37.3 Å². The maximum absolute atomic E-state index is 13.3. The van der Waals surface area contributed by atoms with Gasteiger partial charge in [-0.3, -0.25) is 19.5 Å². The lowest BCUT2D eigenvalue weighted by molar-refractivity contribution is -0.687. The Morgan fingerprint density at radius 3 is 2.86 bits per heavy atom. The van der Waals surface area contributed by atoms with Gasteiger partial charge in [-0.05, 0) is 30.4 Å². The Morgan fingerprint density at radius 1 is 1.31 bits per heavy atom. The molecule has 254 valence electrons. The highest BCUT2D eigenvalue weighted by molar-refractivity contribution is 8.00. The number of hydrazone groups is 1. The number of carboxylic acids is 1. The number of β-lactam (4-membered cyclic amide) rings is 1. The van der Waals surface area contributed by atoms with Crippen molar-refractivity contribution >= 4 is 91.8 Å². The summed E-state index contributed by atoms with van der Waals surface area (Å²) in [4.78, 5) is 50.0. The van der Waals surface area contributed by atoms with Crippen LogP contribution in [0.25, 0.3) is 10.9 Å². The Labute approximate surface area is 297 Å². The Kier molecular flexibility index (Phi) is 9.32. The van der Waals surface area contributed by atoms with Crippen LogP contribution in [0.15, 0.2) is 63.7 Å². The third kappa shape index (κ3) is 6.62. The van der Waals surface area contributed by atoms with Gasteiger partial charge in [0.05, 0.1) is 35.3 Å². The molecule has 4 aromatic rings. The van der Waals surface area contributed by atoms with Crippen LogP contribution in [-0.4, -0.2) is 86.5 Å². The summed E-state index contributed by atoms with van der Waals surface area (Å²) < 4.78 is 4.20. The van der Waals surface area contributed by atoms with Crippen LogP contribution in [0.4, 0.5) is 5.13 Å². The lowest BCUT2D eigenvalue weighted by atomic mass is 10.0. The number of rotatable bonds is 11. The van der Waals surface area contributed by atoms with E-state index in [-0.39, 0.29) is 33.1 Å². The van der Waals surface area contributed by atoms with Gasteiger partial charge in [-0.2, -0.15) is 5.10 Å². The highest BCUT2D eigenvalue weighted by Gasteiger charge is 2.53. The number of hydrogen-bond acceptors (Lipinski definition) is 13. The summed E-state index contributed by atoms with van der Waals surface area (Å²) in [5.74, 6) is -2.50. The van der Waals surface area contributed by atoms with Gasteiger partial charge in [-0.1, -0.05) is 28.1 Å². The van der Waals surface area contributed by atoms with Crippen LogP contribution in [0.3, 0.4) is 0 Å². The number of thioether (sulfide) groups is 1. The number of nitrogens with two attached hydrogens (primary N) is 1. The van der Waals surface area contributed by atoms with Crippen molar-refractivity contribution in [2.75, 3.05) is 31.7 Å². The van der Waals surface area contributed by atoms with E-state index < -0.39 is 29.2 Å². The molecule has 0 spiro atoms. The van der Waals surface area contributed by atoms with E-state index in [0.29, 0.717) is 17.9 Å². The van der Waals surface area contributed by atoms with Crippen LogP contribution in [-0.2, 0) is 32.3 Å². The van der Waals surface area contributed by atoms with Crippen LogP contribution in [0.1, 0.15) is 29.0 Å². The molecule has 3 N–H and O–H groups in total. The van der Waals surface area contributed by atoms with Crippen LogP contribution < -0.4 is 20.7 Å². The van der Waals surface area contributed by atoms with Crippen molar-refractivity contribution in [1.29, 1.82) is 0 Å². The molecular weight excluding hydrogens is 710 g/mol. The molecule has 4 aromatic heterocycles. The summed E-state index contributed by atoms with van der Waals surface area (Å²) in [5.41, 5.74) is 7.94. The van der Waals surface area contributed by atoms with Gasteiger partial charge in [0, 0.05) is 47.1 Å². The van der Waals surface area contributed by atoms with E-state index in [4.69, 9.17) is 22.2 Å². The SMILES string of the molecule is CO/N=C(\C(=O)N[C@@H]1C(=O)N2C(C(=O)[O-])=C(C[n+]3ccc4c(ccn4Cc4cc(C=NN5CCCC5)cs4)c3)CS[C@H]12)c1nc(N)sc1Cl. The zero-order valence-corrected chi connectivity index (χ0v) is 29.3. The number of aromatic nitrogens is 3. The number of hydrogen-bond donors (Lipinski definition) is 2. The Morgan fingerprint density at radius 2 is 2.12 bits per heavy atom. The highest BCUT2D eigenvalue weighted by Crippen LogP contribution is 2.40. The summed E-state index contributed by atoms with van der Waals surface area (Å²) in [6.45, 7) is 2.98. The maximum Gasteiger partial charge on any atom is 0.276 e. The molecule has 3 aliphatic heterocycles. The summed E-state index contributed by atoms with van der Waals surface area (Å²) >= 11 is 10.2. The molecule has 2 fully saturated rings. The minimum atomic E-state index is -1.46. The number of carbonyl (C=O) groups is 3. The third-order valence-corrected chi connectivity index (χ3v) is 11.7. The van der Waals surface area contributed by atoms with E-state index in [0.717, 1.165) is 40.9 Å². The first kappa shape index (κ1) is 33.1. The molecule has 0 aliphatic carbocycles. The molecule has 2 atom stereocenters. The first-order chi connectivity index (χ1) is 23.7. The molecule has 14 nitrogen and oxygen atoms in total. The second-order valence-corrected chi connectivity index (χ2v) is 15.3. The van der Waals surface area contributed by atoms with Gasteiger partial charge < -0.3 is 30.4 Å². The van der Waals surface area contributed by atoms with E-state index in [1.54, 1.807) is 11.3 Å². The van der Waals surface area contributed by atoms with E-state index in [1.165, 1.54) is 41.5 Å². The average Bonchev–Trinajstić information content (AvgIpc) is 3.90. The first-order valence-electron chi connectivity index (χ1n) is 15.3. The predicted octanol–water partition coefficient (Wildman–Crippen LogP) is 1.62. The summed E-state index contributed by atoms with van der Waals surface area (Å²) in [5, 5.41) is 28.0. The Bertz CT molecular complexity index is 2050. The van der Waals surface area contributed by atoms with Gasteiger partial charge in [-0.25, -0.2) is 9.55 Å². The number of pyridine rings is 1. The van der Waals surface area contributed by atoms with Crippen molar-refractivity contribution in [2.24, 2.45) is 10.3 Å². The standard InChI is InChI=1S/C31H30ClN9O5S3/c1-46-37-23(22-26(32)49-31(33)36-22)27(42)35-24-28(43)41-25(30(44)45)19(16-48-29(24)41)13-38-8-5-21-18(12-38)4-9-39(21)14-20-10-17(15-47-20)11-34-40-6-2-3-7-40/h4-5,8-12,15,24,29H,2-3,6-7,13-14,16H2,1H3,(H3-,33,35,36,42,44,45)/b34-11?,37-23-/t24-,29-/m1/s1. The molecule has 7 heterocycles. The smallest absolute Gasteiger partial charge is 0.276 e. The molecule has 0 saturated carbocycles. The molecule has 0 bridgehead atoms. The fourth-order valence-corrected chi connectivity index (χ4v) is 9.18. The van der Waals surface area contributed by atoms with E-state index in [2.05, 4.69) is 41.6 Å².